The van der Waals surface area contributed by atoms with Crippen molar-refractivity contribution in [2.24, 2.45) is 0 Å². The number of carbonyl (C=O) groups excluding carboxylic acids is 3. The van der Waals surface area contributed by atoms with Crippen molar-refractivity contribution in [2.45, 2.75) is 252 Å². The lowest BCUT2D eigenvalue weighted by Gasteiger charge is -2.18. The Morgan fingerprint density at radius 2 is 0.643 bits per heavy atom. The smallest absolute Gasteiger partial charge is 0.306 e. The molecular formula is C50H90O6. The maximum absolute atomic E-state index is 12.7. The second-order valence-corrected chi connectivity index (χ2v) is 16.0. The third-order valence-corrected chi connectivity index (χ3v) is 10.4. The maximum atomic E-state index is 12.7. The molecule has 56 heavy (non-hydrogen) atoms. The van der Waals surface area contributed by atoms with Gasteiger partial charge in [-0.2, -0.15) is 0 Å². The molecule has 0 bridgehead atoms. The zero-order chi connectivity index (χ0) is 40.8. The molecule has 0 amide bonds. The lowest BCUT2D eigenvalue weighted by atomic mass is 10.1. The van der Waals surface area contributed by atoms with Crippen molar-refractivity contribution in [3.8, 4) is 0 Å². The summed E-state index contributed by atoms with van der Waals surface area (Å²) in [6.45, 7) is 6.53. The molecule has 6 nitrogen and oxygen atoms in total. The van der Waals surface area contributed by atoms with Crippen molar-refractivity contribution >= 4 is 17.9 Å². The fourth-order valence-electron chi connectivity index (χ4n) is 6.70. The topological polar surface area (TPSA) is 78.9 Å². The monoisotopic (exact) mass is 787 g/mol. The number of hydrogen-bond donors (Lipinski definition) is 0. The van der Waals surface area contributed by atoms with Crippen molar-refractivity contribution in [1.82, 2.24) is 0 Å². The first kappa shape index (κ1) is 53.6. The van der Waals surface area contributed by atoms with Crippen LogP contribution in [0.25, 0.3) is 0 Å². The minimum Gasteiger partial charge on any atom is -0.462 e. The molecule has 326 valence electrons. The first-order valence-corrected chi connectivity index (χ1v) is 24.0. The molecule has 0 aromatic carbocycles. The van der Waals surface area contributed by atoms with Crippen LogP contribution in [0.15, 0.2) is 36.5 Å². The Morgan fingerprint density at radius 1 is 0.357 bits per heavy atom. The van der Waals surface area contributed by atoms with Crippen molar-refractivity contribution in [3.63, 3.8) is 0 Å². The van der Waals surface area contributed by atoms with Gasteiger partial charge in [0.2, 0.25) is 0 Å². The van der Waals surface area contributed by atoms with E-state index in [9.17, 15) is 14.4 Å². The molecule has 0 N–H and O–H groups in total. The molecule has 1 atom stereocenters. The van der Waals surface area contributed by atoms with Gasteiger partial charge in [-0.3, -0.25) is 14.4 Å². The molecule has 0 saturated carbocycles. The van der Waals surface area contributed by atoms with E-state index in [1.165, 1.54) is 135 Å². The van der Waals surface area contributed by atoms with Gasteiger partial charge in [0.15, 0.2) is 6.10 Å². The van der Waals surface area contributed by atoms with Crippen molar-refractivity contribution in [1.29, 1.82) is 0 Å². The minimum atomic E-state index is -0.771. The highest BCUT2D eigenvalue weighted by molar-refractivity contribution is 5.71. The second kappa shape index (κ2) is 45.3. The van der Waals surface area contributed by atoms with Crippen LogP contribution in [0.4, 0.5) is 0 Å². The van der Waals surface area contributed by atoms with Crippen LogP contribution < -0.4 is 0 Å². The zero-order valence-electron chi connectivity index (χ0n) is 37.2. The van der Waals surface area contributed by atoms with E-state index in [-0.39, 0.29) is 31.1 Å². The molecule has 0 saturated heterocycles. The van der Waals surface area contributed by atoms with Crippen LogP contribution in [-0.4, -0.2) is 37.2 Å². The van der Waals surface area contributed by atoms with Crippen LogP contribution in [0.2, 0.25) is 0 Å². The van der Waals surface area contributed by atoms with Gasteiger partial charge in [-0.25, -0.2) is 0 Å². The molecule has 1 unspecified atom stereocenters. The van der Waals surface area contributed by atoms with Gasteiger partial charge in [-0.1, -0.05) is 186 Å². The van der Waals surface area contributed by atoms with Crippen molar-refractivity contribution in [2.75, 3.05) is 13.2 Å². The number of rotatable bonds is 43. The lowest BCUT2D eigenvalue weighted by Crippen LogP contribution is -2.30. The molecule has 0 radical (unpaired) electrons. The lowest BCUT2D eigenvalue weighted by molar-refractivity contribution is -0.167. The number of allylic oxidation sites excluding steroid dienone is 6. The summed E-state index contributed by atoms with van der Waals surface area (Å²) in [6.07, 6.45) is 51.4. The Balaban J connectivity index is 4.22. The summed E-state index contributed by atoms with van der Waals surface area (Å²) in [6, 6.07) is 0. The highest BCUT2D eigenvalue weighted by Crippen LogP contribution is 2.14. The van der Waals surface area contributed by atoms with Crippen LogP contribution in [0, 0.1) is 0 Å². The number of unbranched alkanes of at least 4 members (excludes halogenated alkanes) is 26. The molecule has 0 aliphatic carbocycles. The van der Waals surface area contributed by atoms with Crippen LogP contribution in [0.1, 0.15) is 245 Å². The van der Waals surface area contributed by atoms with E-state index in [1.807, 2.05) is 0 Å². The normalized spacial score (nSPS) is 12.3. The molecule has 0 spiro atoms. The summed E-state index contributed by atoms with van der Waals surface area (Å²) in [5.41, 5.74) is 0. The van der Waals surface area contributed by atoms with Gasteiger partial charge in [-0.05, 0) is 77.0 Å². The predicted octanol–water partition coefficient (Wildman–Crippen LogP) is 15.4. The van der Waals surface area contributed by atoms with Crippen LogP contribution in [-0.2, 0) is 28.6 Å². The van der Waals surface area contributed by atoms with E-state index < -0.39 is 6.10 Å². The summed E-state index contributed by atoms with van der Waals surface area (Å²) in [4.78, 5) is 37.6. The summed E-state index contributed by atoms with van der Waals surface area (Å²) in [7, 11) is 0. The Kier molecular flexibility index (Phi) is 43.4. The van der Waals surface area contributed by atoms with E-state index in [2.05, 4.69) is 57.2 Å². The van der Waals surface area contributed by atoms with Gasteiger partial charge in [0.05, 0.1) is 0 Å². The molecule has 0 heterocycles. The van der Waals surface area contributed by atoms with Crippen molar-refractivity contribution in [3.05, 3.63) is 36.5 Å². The molecule has 0 aliphatic rings. The van der Waals surface area contributed by atoms with E-state index in [0.717, 1.165) is 70.6 Å². The average Bonchev–Trinajstić information content (AvgIpc) is 3.19. The van der Waals surface area contributed by atoms with Gasteiger partial charge >= 0.3 is 17.9 Å². The summed E-state index contributed by atoms with van der Waals surface area (Å²) >= 11 is 0. The number of hydrogen-bond acceptors (Lipinski definition) is 6. The summed E-state index contributed by atoms with van der Waals surface area (Å²) in [5, 5.41) is 0. The van der Waals surface area contributed by atoms with Crippen molar-refractivity contribution < 1.29 is 28.6 Å². The zero-order valence-corrected chi connectivity index (χ0v) is 37.2. The first-order chi connectivity index (χ1) is 27.5. The fourth-order valence-corrected chi connectivity index (χ4v) is 6.70. The van der Waals surface area contributed by atoms with E-state index in [0.29, 0.717) is 19.3 Å². The molecule has 0 aliphatic heterocycles. The average molecular weight is 787 g/mol. The highest BCUT2D eigenvalue weighted by Gasteiger charge is 2.19. The highest BCUT2D eigenvalue weighted by atomic mass is 16.6. The maximum Gasteiger partial charge on any atom is 0.306 e. The van der Waals surface area contributed by atoms with E-state index in [4.69, 9.17) is 14.2 Å². The SMILES string of the molecule is CCCCC/C=C\C/C=C\CCCCCCCCCCCC(=O)OCC(COC(=O)CCCCCCCC)OC(=O)CCCCCCC/C=C\CCCCCC. The van der Waals surface area contributed by atoms with Gasteiger partial charge in [0.1, 0.15) is 13.2 Å². The quantitative estimate of drug-likeness (QED) is 0.0265. The molecule has 0 fully saturated rings. The first-order valence-electron chi connectivity index (χ1n) is 24.0. The van der Waals surface area contributed by atoms with Gasteiger partial charge in [0.25, 0.3) is 0 Å². The molecular weight excluding hydrogens is 697 g/mol. The third kappa shape index (κ3) is 42.8. The Bertz CT molecular complexity index is 953. The standard InChI is InChI=1S/C50H90O6/c1-4-7-10-13-16-18-20-22-23-24-25-26-27-29-30-32-34-37-40-43-49(52)55-46-47(45-54-48(51)42-39-36-15-12-9-6-3)56-50(53)44-41-38-35-33-31-28-21-19-17-14-11-8-5-2/h16,18-19,21-23,47H,4-15,17,20,24-46H2,1-3H3/b18-16-,21-19-,23-22-. The number of esters is 3. The van der Waals surface area contributed by atoms with E-state index >= 15 is 0 Å². The second-order valence-electron chi connectivity index (χ2n) is 16.0. The summed E-state index contributed by atoms with van der Waals surface area (Å²) in [5.74, 6) is -0.895. The largest absolute Gasteiger partial charge is 0.462 e. The third-order valence-electron chi connectivity index (χ3n) is 10.4. The fraction of sp³-hybridized carbons (Fsp3) is 0.820. The van der Waals surface area contributed by atoms with Gasteiger partial charge < -0.3 is 14.2 Å². The van der Waals surface area contributed by atoms with Crippen LogP contribution in [0.5, 0.6) is 0 Å². The number of ether oxygens (including phenoxy) is 3. The number of carbonyl (C=O) groups is 3. The molecule has 0 rings (SSSR count). The van der Waals surface area contributed by atoms with Gasteiger partial charge in [0, 0.05) is 19.3 Å². The minimum absolute atomic E-state index is 0.0760. The predicted molar refractivity (Wildman–Crippen MR) is 238 cm³/mol. The Morgan fingerprint density at radius 3 is 1.05 bits per heavy atom. The van der Waals surface area contributed by atoms with Crippen LogP contribution in [0.3, 0.4) is 0 Å². The Labute approximate surface area is 346 Å². The molecule has 0 aromatic rings. The molecule has 6 heteroatoms. The Hall–Kier alpha value is -2.37. The van der Waals surface area contributed by atoms with Crippen LogP contribution >= 0.6 is 0 Å². The summed E-state index contributed by atoms with van der Waals surface area (Å²) < 4.78 is 16.6. The van der Waals surface area contributed by atoms with E-state index in [1.54, 1.807) is 0 Å². The van der Waals surface area contributed by atoms with Gasteiger partial charge in [-0.15, -0.1) is 0 Å². The molecule has 0 aromatic heterocycles.